The molecule has 0 aliphatic heterocycles. The number of rotatable bonds is 5. The summed E-state index contributed by atoms with van der Waals surface area (Å²) in [6.07, 6.45) is 0. The lowest BCUT2D eigenvalue weighted by Crippen LogP contribution is -2.33. The maximum atomic E-state index is 11.7. The Labute approximate surface area is 126 Å². The SMILES string of the molecule is CC(C)C(C)CNC(=O)Nc1ccc(Br)c(C(=O)O)c1. The number of hydrogen-bond donors (Lipinski definition) is 3. The van der Waals surface area contributed by atoms with Crippen molar-refractivity contribution in [1.29, 1.82) is 0 Å². The van der Waals surface area contributed by atoms with Crippen molar-refractivity contribution in [2.24, 2.45) is 11.8 Å². The van der Waals surface area contributed by atoms with Gasteiger partial charge < -0.3 is 15.7 Å². The number of carboxylic acid groups (broad SMARTS) is 1. The molecular formula is C14H19BrN2O3. The lowest BCUT2D eigenvalue weighted by Gasteiger charge is -2.16. The third kappa shape index (κ3) is 4.85. The molecule has 2 amide bonds. The van der Waals surface area contributed by atoms with E-state index in [2.05, 4.69) is 47.3 Å². The molecule has 1 unspecified atom stereocenters. The van der Waals surface area contributed by atoms with Gasteiger partial charge in [-0.3, -0.25) is 0 Å². The predicted octanol–water partition coefficient (Wildman–Crippen LogP) is 3.56. The molecule has 5 nitrogen and oxygen atoms in total. The predicted molar refractivity (Wildman–Crippen MR) is 82.1 cm³/mol. The van der Waals surface area contributed by atoms with Crippen molar-refractivity contribution in [3.8, 4) is 0 Å². The number of amides is 2. The van der Waals surface area contributed by atoms with Gasteiger partial charge in [0, 0.05) is 16.7 Å². The smallest absolute Gasteiger partial charge is 0.336 e. The molecule has 1 atom stereocenters. The zero-order chi connectivity index (χ0) is 15.3. The van der Waals surface area contributed by atoms with Gasteiger partial charge in [0.05, 0.1) is 5.56 Å². The number of hydrogen-bond acceptors (Lipinski definition) is 2. The Morgan fingerprint density at radius 3 is 2.50 bits per heavy atom. The average Bonchev–Trinajstić information content (AvgIpc) is 2.37. The lowest BCUT2D eigenvalue weighted by atomic mass is 9.98. The lowest BCUT2D eigenvalue weighted by molar-refractivity contribution is 0.0696. The molecule has 0 radical (unpaired) electrons. The Balaban J connectivity index is 2.62. The summed E-state index contributed by atoms with van der Waals surface area (Å²) < 4.78 is 0.476. The van der Waals surface area contributed by atoms with Crippen molar-refractivity contribution in [1.82, 2.24) is 5.32 Å². The molecule has 110 valence electrons. The van der Waals surface area contributed by atoms with Crippen LogP contribution in [0.5, 0.6) is 0 Å². The molecule has 0 aliphatic rings. The van der Waals surface area contributed by atoms with Crippen molar-refractivity contribution in [2.75, 3.05) is 11.9 Å². The quantitative estimate of drug-likeness (QED) is 0.765. The summed E-state index contributed by atoms with van der Waals surface area (Å²) >= 11 is 3.15. The van der Waals surface area contributed by atoms with Crippen LogP contribution in [0, 0.1) is 11.8 Å². The Bertz CT molecular complexity index is 503. The minimum atomic E-state index is -1.05. The van der Waals surface area contributed by atoms with E-state index in [1.165, 1.54) is 6.07 Å². The van der Waals surface area contributed by atoms with Crippen molar-refractivity contribution in [3.63, 3.8) is 0 Å². The summed E-state index contributed by atoms with van der Waals surface area (Å²) in [6, 6.07) is 4.31. The first kappa shape index (κ1) is 16.5. The average molecular weight is 343 g/mol. The Hall–Kier alpha value is -1.56. The molecular weight excluding hydrogens is 324 g/mol. The first-order valence-corrected chi connectivity index (χ1v) is 7.18. The van der Waals surface area contributed by atoms with Crippen LogP contribution in [0.2, 0.25) is 0 Å². The van der Waals surface area contributed by atoms with Gasteiger partial charge in [-0.05, 0) is 46.0 Å². The summed E-state index contributed by atoms with van der Waals surface area (Å²) in [5.74, 6) is -0.184. The van der Waals surface area contributed by atoms with Gasteiger partial charge in [0.1, 0.15) is 0 Å². The van der Waals surface area contributed by atoms with Crippen molar-refractivity contribution in [2.45, 2.75) is 20.8 Å². The van der Waals surface area contributed by atoms with Crippen LogP contribution in [0.4, 0.5) is 10.5 Å². The van der Waals surface area contributed by atoms with E-state index >= 15 is 0 Å². The number of anilines is 1. The van der Waals surface area contributed by atoms with Crippen LogP contribution in [-0.4, -0.2) is 23.7 Å². The zero-order valence-electron chi connectivity index (χ0n) is 11.7. The summed E-state index contributed by atoms with van der Waals surface area (Å²) in [6.45, 7) is 6.83. The van der Waals surface area contributed by atoms with E-state index in [1.54, 1.807) is 12.1 Å². The maximum Gasteiger partial charge on any atom is 0.336 e. The monoisotopic (exact) mass is 342 g/mol. The second-order valence-electron chi connectivity index (χ2n) is 5.06. The number of benzene rings is 1. The van der Waals surface area contributed by atoms with E-state index in [9.17, 15) is 9.59 Å². The van der Waals surface area contributed by atoms with Gasteiger partial charge in [0.25, 0.3) is 0 Å². The first-order chi connectivity index (χ1) is 9.31. The highest BCUT2D eigenvalue weighted by molar-refractivity contribution is 9.10. The Morgan fingerprint density at radius 2 is 1.95 bits per heavy atom. The van der Waals surface area contributed by atoms with E-state index in [1.807, 2.05) is 0 Å². The highest BCUT2D eigenvalue weighted by atomic mass is 79.9. The standard InChI is InChI=1S/C14H19BrN2O3/c1-8(2)9(3)7-16-14(20)17-10-4-5-12(15)11(6-10)13(18)19/h4-6,8-9H,7H2,1-3H3,(H,18,19)(H2,16,17,20). The van der Waals surface area contributed by atoms with E-state index < -0.39 is 5.97 Å². The molecule has 1 aromatic carbocycles. The second-order valence-corrected chi connectivity index (χ2v) is 5.91. The van der Waals surface area contributed by atoms with Crippen molar-refractivity contribution < 1.29 is 14.7 Å². The van der Waals surface area contributed by atoms with Gasteiger partial charge in [-0.1, -0.05) is 20.8 Å². The summed E-state index contributed by atoms with van der Waals surface area (Å²) in [5, 5.41) is 14.4. The van der Waals surface area contributed by atoms with Crippen LogP contribution in [0.1, 0.15) is 31.1 Å². The van der Waals surface area contributed by atoms with Crippen LogP contribution in [0.25, 0.3) is 0 Å². The molecule has 0 heterocycles. The molecule has 3 N–H and O–H groups in total. The number of carbonyl (C=O) groups is 2. The number of urea groups is 1. The topological polar surface area (TPSA) is 78.4 Å². The highest BCUT2D eigenvalue weighted by Gasteiger charge is 2.12. The van der Waals surface area contributed by atoms with Gasteiger partial charge in [-0.15, -0.1) is 0 Å². The minimum Gasteiger partial charge on any atom is -0.478 e. The molecule has 1 aromatic rings. The van der Waals surface area contributed by atoms with Crippen molar-refractivity contribution in [3.05, 3.63) is 28.2 Å². The highest BCUT2D eigenvalue weighted by Crippen LogP contribution is 2.21. The molecule has 0 spiro atoms. The molecule has 0 saturated heterocycles. The molecule has 0 saturated carbocycles. The molecule has 0 aromatic heterocycles. The van der Waals surface area contributed by atoms with Crippen LogP contribution >= 0.6 is 15.9 Å². The fraction of sp³-hybridized carbons (Fsp3) is 0.429. The maximum absolute atomic E-state index is 11.7. The summed E-state index contributed by atoms with van der Waals surface area (Å²) in [7, 11) is 0. The van der Waals surface area contributed by atoms with Crippen molar-refractivity contribution >= 4 is 33.6 Å². The fourth-order valence-electron chi connectivity index (χ4n) is 1.43. The van der Waals surface area contributed by atoms with Gasteiger partial charge in [0.15, 0.2) is 0 Å². The van der Waals surface area contributed by atoms with Crippen LogP contribution < -0.4 is 10.6 Å². The summed E-state index contributed by atoms with van der Waals surface area (Å²) in [5.41, 5.74) is 0.554. The zero-order valence-corrected chi connectivity index (χ0v) is 13.3. The summed E-state index contributed by atoms with van der Waals surface area (Å²) in [4.78, 5) is 22.7. The number of halogens is 1. The first-order valence-electron chi connectivity index (χ1n) is 6.39. The van der Waals surface area contributed by atoms with Gasteiger partial charge in [-0.2, -0.15) is 0 Å². The molecule has 0 aliphatic carbocycles. The van der Waals surface area contributed by atoms with E-state index in [4.69, 9.17) is 5.11 Å². The van der Waals surface area contributed by atoms with Crippen LogP contribution in [-0.2, 0) is 0 Å². The fourth-order valence-corrected chi connectivity index (χ4v) is 1.85. The molecule has 0 bridgehead atoms. The van der Waals surface area contributed by atoms with E-state index in [-0.39, 0.29) is 11.6 Å². The number of carboxylic acids is 1. The van der Waals surface area contributed by atoms with Crippen LogP contribution in [0.3, 0.4) is 0 Å². The molecule has 6 heteroatoms. The molecule has 1 rings (SSSR count). The van der Waals surface area contributed by atoms with Gasteiger partial charge >= 0.3 is 12.0 Å². The minimum absolute atomic E-state index is 0.110. The third-order valence-electron chi connectivity index (χ3n) is 3.18. The van der Waals surface area contributed by atoms with E-state index in [0.717, 1.165) is 0 Å². The third-order valence-corrected chi connectivity index (χ3v) is 3.87. The molecule has 0 fully saturated rings. The second kappa shape index (κ2) is 7.28. The largest absolute Gasteiger partial charge is 0.478 e. The van der Waals surface area contributed by atoms with Crippen LogP contribution in [0.15, 0.2) is 22.7 Å². The van der Waals surface area contributed by atoms with Gasteiger partial charge in [-0.25, -0.2) is 9.59 Å². The Kier molecular flexibility index (Phi) is 6.01. The number of carbonyl (C=O) groups excluding carboxylic acids is 1. The number of nitrogens with one attached hydrogen (secondary N) is 2. The number of aromatic carboxylic acids is 1. The van der Waals surface area contributed by atoms with E-state index in [0.29, 0.717) is 28.5 Å². The molecule has 20 heavy (non-hydrogen) atoms. The normalized spacial score (nSPS) is 12.1. The van der Waals surface area contributed by atoms with Gasteiger partial charge in [0.2, 0.25) is 0 Å². The Morgan fingerprint density at radius 1 is 1.30 bits per heavy atom.